The third kappa shape index (κ3) is 4.29. The van der Waals surface area contributed by atoms with Crippen molar-refractivity contribution < 1.29 is 17.2 Å². The lowest BCUT2D eigenvalue weighted by Crippen LogP contribution is -2.33. The fourth-order valence-corrected chi connectivity index (χ4v) is 4.63. The Morgan fingerprint density at radius 2 is 1.86 bits per heavy atom. The molecule has 1 aromatic heterocycles. The molecule has 0 spiro atoms. The largest absolute Gasteiger partial charge is 0.244 e. The van der Waals surface area contributed by atoms with E-state index in [0.717, 1.165) is 17.7 Å². The van der Waals surface area contributed by atoms with Gasteiger partial charge in [-0.05, 0) is 54.8 Å². The molecule has 1 heterocycles. The van der Waals surface area contributed by atoms with Crippen molar-refractivity contribution in [3.8, 4) is 0 Å². The van der Waals surface area contributed by atoms with Crippen LogP contribution < -0.4 is 4.72 Å². The van der Waals surface area contributed by atoms with E-state index in [1.54, 1.807) is 19.9 Å². The number of sulfonamides is 1. The van der Waals surface area contributed by atoms with Gasteiger partial charge < -0.3 is 0 Å². The SMILES string of the molecule is Cc1ccc(F)c([C@@H](C)[C@H](NS(=O)(=O)c2ccc(Cl)cc2F)c2nn[nH]n2)c1C. The number of nitrogens with one attached hydrogen (secondary N) is 2. The van der Waals surface area contributed by atoms with Crippen LogP contribution in [0.5, 0.6) is 0 Å². The van der Waals surface area contributed by atoms with E-state index in [0.29, 0.717) is 11.1 Å². The highest BCUT2D eigenvalue weighted by Gasteiger charge is 2.33. The van der Waals surface area contributed by atoms with Gasteiger partial charge in [0.1, 0.15) is 16.5 Å². The summed E-state index contributed by atoms with van der Waals surface area (Å²) in [6.07, 6.45) is 0. The zero-order chi connectivity index (χ0) is 21.3. The molecule has 0 bridgehead atoms. The van der Waals surface area contributed by atoms with Crippen LogP contribution in [0.1, 0.15) is 41.4 Å². The van der Waals surface area contributed by atoms with Crippen LogP contribution in [0.15, 0.2) is 35.2 Å². The van der Waals surface area contributed by atoms with Gasteiger partial charge in [0.05, 0.1) is 6.04 Å². The monoisotopic (exact) mass is 441 g/mol. The molecule has 11 heteroatoms. The van der Waals surface area contributed by atoms with E-state index in [4.69, 9.17) is 11.6 Å². The molecule has 2 aromatic carbocycles. The standard InChI is InChI=1S/C18H18ClF2N5O2S/c1-9-4-6-13(20)16(10(9)2)11(3)17(18-22-25-26-23-18)24-29(27,28)15-7-5-12(19)8-14(15)21/h4-8,11,17,24H,1-3H3,(H,22,23,25,26)/t11-,17+/m1/s1. The van der Waals surface area contributed by atoms with Gasteiger partial charge in [0.2, 0.25) is 10.0 Å². The van der Waals surface area contributed by atoms with Gasteiger partial charge in [-0.2, -0.15) is 9.94 Å². The first-order valence-electron chi connectivity index (χ1n) is 8.58. The fraction of sp³-hybridized carbons (Fsp3) is 0.278. The predicted octanol–water partition coefficient (Wildman–Crippen LogP) is 3.57. The summed E-state index contributed by atoms with van der Waals surface area (Å²) in [5.41, 5.74) is 1.81. The smallest absolute Gasteiger partial charge is 0.207 e. The van der Waals surface area contributed by atoms with Crippen LogP contribution in [0.4, 0.5) is 8.78 Å². The molecule has 2 N–H and O–H groups in total. The maximum atomic E-state index is 14.6. The van der Waals surface area contributed by atoms with Gasteiger partial charge >= 0.3 is 0 Å². The summed E-state index contributed by atoms with van der Waals surface area (Å²) in [5.74, 6) is -2.23. The Morgan fingerprint density at radius 1 is 1.14 bits per heavy atom. The van der Waals surface area contributed by atoms with Crippen molar-refractivity contribution in [3.05, 3.63) is 69.5 Å². The van der Waals surface area contributed by atoms with E-state index in [1.165, 1.54) is 12.1 Å². The molecule has 0 radical (unpaired) electrons. The molecule has 0 unspecified atom stereocenters. The Labute approximate surface area is 171 Å². The molecule has 3 rings (SSSR count). The van der Waals surface area contributed by atoms with E-state index in [1.807, 2.05) is 6.92 Å². The summed E-state index contributed by atoms with van der Waals surface area (Å²) in [4.78, 5) is -0.593. The zero-order valence-corrected chi connectivity index (χ0v) is 17.3. The third-order valence-corrected chi connectivity index (χ3v) is 6.50. The van der Waals surface area contributed by atoms with Gasteiger partial charge in [-0.1, -0.05) is 29.8 Å². The number of nitrogens with zero attached hydrogens (tertiary/aromatic N) is 3. The number of hydrogen-bond acceptors (Lipinski definition) is 5. The predicted molar refractivity (Wildman–Crippen MR) is 103 cm³/mol. The summed E-state index contributed by atoms with van der Waals surface area (Å²) in [6.45, 7) is 5.19. The Morgan fingerprint density at radius 3 is 2.48 bits per heavy atom. The Balaban J connectivity index is 2.07. The zero-order valence-electron chi connectivity index (χ0n) is 15.7. The Kier molecular flexibility index (Phi) is 5.97. The Bertz CT molecular complexity index is 1140. The van der Waals surface area contributed by atoms with Gasteiger partial charge in [0, 0.05) is 10.9 Å². The highest BCUT2D eigenvalue weighted by atomic mass is 35.5. The number of aromatic nitrogens is 4. The molecular formula is C18H18ClF2N5O2S. The van der Waals surface area contributed by atoms with E-state index in [-0.39, 0.29) is 10.8 Å². The second-order valence-electron chi connectivity index (χ2n) is 6.64. The van der Waals surface area contributed by atoms with Crippen molar-refractivity contribution in [1.29, 1.82) is 0 Å². The van der Waals surface area contributed by atoms with Gasteiger partial charge in [0.25, 0.3) is 0 Å². The molecule has 0 aliphatic carbocycles. The minimum atomic E-state index is -4.35. The molecule has 0 saturated heterocycles. The molecule has 29 heavy (non-hydrogen) atoms. The molecule has 154 valence electrons. The molecular weight excluding hydrogens is 424 g/mol. The van der Waals surface area contributed by atoms with Crippen LogP contribution in [0.3, 0.4) is 0 Å². The number of aryl methyl sites for hydroxylation is 1. The number of halogens is 3. The minimum Gasteiger partial charge on any atom is -0.207 e. The number of benzene rings is 2. The second kappa shape index (κ2) is 8.13. The van der Waals surface area contributed by atoms with Crippen molar-refractivity contribution in [2.75, 3.05) is 0 Å². The first-order valence-corrected chi connectivity index (χ1v) is 10.4. The minimum absolute atomic E-state index is 0.00393. The van der Waals surface area contributed by atoms with Crippen molar-refractivity contribution in [2.45, 2.75) is 37.6 Å². The van der Waals surface area contributed by atoms with Crippen LogP contribution in [0.2, 0.25) is 5.02 Å². The van der Waals surface area contributed by atoms with E-state index < -0.39 is 38.5 Å². The highest BCUT2D eigenvalue weighted by Crippen LogP contribution is 2.35. The summed E-state index contributed by atoms with van der Waals surface area (Å²) < 4.78 is 57.0. The molecule has 0 amide bonds. The average molecular weight is 442 g/mol. The van der Waals surface area contributed by atoms with E-state index in [2.05, 4.69) is 25.3 Å². The van der Waals surface area contributed by atoms with Crippen molar-refractivity contribution in [3.63, 3.8) is 0 Å². The summed E-state index contributed by atoms with van der Waals surface area (Å²) in [6, 6.07) is 5.05. The molecule has 0 aliphatic heterocycles. The first-order chi connectivity index (χ1) is 13.6. The molecule has 7 nitrogen and oxygen atoms in total. The summed E-state index contributed by atoms with van der Waals surface area (Å²) in [5, 5.41) is 13.5. The average Bonchev–Trinajstić information content (AvgIpc) is 3.17. The fourth-order valence-electron chi connectivity index (χ4n) is 3.13. The molecule has 0 saturated carbocycles. The van der Waals surface area contributed by atoms with Crippen molar-refractivity contribution in [2.24, 2.45) is 0 Å². The van der Waals surface area contributed by atoms with Gasteiger partial charge in [-0.15, -0.1) is 10.2 Å². The van der Waals surface area contributed by atoms with E-state index in [9.17, 15) is 17.2 Å². The topological polar surface area (TPSA) is 101 Å². The lowest BCUT2D eigenvalue weighted by molar-refractivity contribution is 0.475. The van der Waals surface area contributed by atoms with Crippen LogP contribution >= 0.6 is 11.6 Å². The van der Waals surface area contributed by atoms with Crippen molar-refractivity contribution in [1.82, 2.24) is 25.3 Å². The second-order valence-corrected chi connectivity index (χ2v) is 8.75. The first kappa shape index (κ1) is 21.3. The number of aromatic amines is 1. The van der Waals surface area contributed by atoms with Gasteiger partial charge in [-0.25, -0.2) is 17.2 Å². The number of rotatable bonds is 6. The third-order valence-electron chi connectivity index (χ3n) is 4.79. The number of tetrazole rings is 1. The molecule has 0 aliphatic rings. The molecule has 3 aromatic rings. The molecule has 0 fully saturated rings. The van der Waals surface area contributed by atoms with E-state index >= 15 is 0 Å². The number of H-pyrrole nitrogens is 1. The Hall–Kier alpha value is -2.43. The number of hydrogen-bond donors (Lipinski definition) is 2. The van der Waals surface area contributed by atoms with Gasteiger partial charge in [0.15, 0.2) is 5.82 Å². The maximum Gasteiger partial charge on any atom is 0.244 e. The highest BCUT2D eigenvalue weighted by molar-refractivity contribution is 7.89. The van der Waals surface area contributed by atoms with Crippen LogP contribution in [-0.2, 0) is 10.0 Å². The van der Waals surface area contributed by atoms with Gasteiger partial charge in [-0.3, -0.25) is 0 Å². The van der Waals surface area contributed by atoms with Crippen LogP contribution in [0.25, 0.3) is 0 Å². The maximum absolute atomic E-state index is 14.6. The van der Waals surface area contributed by atoms with Crippen LogP contribution in [0, 0.1) is 25.5 Å². The van der Waals surface area contributed by atoms with Crippen molar-refractivity contribution >= 4 is 21.6 Å². The lowest BCUT2D eigenvalue weighted by Gasteiger charge is -2.25. The normalized spacial score (nSPS) is 14.0. The summed E-state index contributed by atoms with van der Waals surface area (Å²) in [7, 11) is -4.35. The van der Waals surface area contributed by atoms with Crippen LogP contribution in [-0.4, -0.2) is 29.0 Å². The molecule has 2 atom stereocenters. The quantitative estimate of drug-likeness (QED) is 0.609. The summed E-state index contributed by atoms with van der Waals surface area (Å²) >= 11 is 5.70. The lowest BCUT2D eigenvalue weighted by atomic mass is 9.88.